The second-order valence-electron chi connectivity index (χ2n) is 10.5. The summed E-state index contributed by atoms with van der Waals surface area (Å²) in [4.78, 5) is 5.37. The van der Waals surface area contributed by atoms with Crippen LogP contribution in [0.1, 0.15) is 41.7 Å². The van der Waals surface area contributed by atoms with E-state index in [4.69, 9.17) is 4.98 Å². The van der Waals surface area contributed by atoms with E-state index in [-0.39, 0.29) is 0 Å². The molecule has 0 N–H and O–H groups in total. The maximum atomic E-state index is 5.37. The van der Waals surface area contributed by atoms with Gasteiger partial charge in [-0.25, -0.2) is 4.98 Å². The van der Waals surface area contributed by atoms with E-state index in [0.29, 0.717) is 5.92 Å². The van der Waals surface area contributed by atoms with Crippen LogP contribution in [0, 0.1) is 19.8 Å². The SMILES string of the molecule is Cc1ccc(-c2cc3ccc(CC(C)C)cc3c(-c3cc(C)cc4c3Cc3ccccc3-4)n2)cc1. The summed E-state index contributed by atoms with van der Waals surface area (Å²) >= 11 is 0. The highest BCUT2D eigenvalue weighted by Gasteiger charge is 2.24. The number of hydrogen-bond donors (Lipinski definition) is 0. The third-order valence-electron chi connectivity index (χ3n) is 7.21. The fourth-order valence-electron chi connectivity index (χ4n) is 5.56. The molecule has 0 radical (unpaired) electrons. The summed E-state index contributed by atoms with van der Waals surface area (Å²) in [5, 5.41) is 2.51. The van der Waals surface area contributed by atoms with Gasteiger partial charge in [-0.2, -0.15) is 0 Å². The highest BCUT2D eigenvalue weighted by atomic mass is 14.7. The van der Waals surface area contributed by atoms with Crippen LogP contribution in [-0.4, -0.2) is 4.98 Å². The zero-order chi connectivity index (χ0) is 24.1. The van der Waals surface area contributed by atoms with Gasteiger partial charge in [0.15, 0.2) is 0 Å². The van der Waals surface area contributed by atoms with Gasteiger partial charge in [0.05, 0.1) is 11.4 Å². The predicted octanol–water partition coefficient (Wildman–Crippen LogP) is 8.96. The zero-order valence-corrected chi connectivity index (χ0v) is 21.0. The standard InChI is InChI=1S/C34H31N/c1-21(2)15-24-11-14-27-20-33(25-12-9-22(3)10-13-25)35-34(29(27)18-24)32-17-23(4)16-30-28-8-6-5-7-26(28)19-31(30)32/h5-14,16-18,20-21H,15,19H2,1-4H3. The fourth-order valence-corrected chi connectivity index (χ4v) is 5.56. The molecule has 1 aliphatic rings. The summed E-state index contributed by atoms with van der Waals surface area (Å²) < 4.78 is 0. The molecule has 0 fully saturated rings. The topological polar surface area (TPSA) is 12.9 Å². The lowest BCUT2D eigenvalue weighted by molar-refractivity contribution is 0.648. The van der Waals surface area contributed by atoms with Crippen molar-refractivity contribution in [3.8, 4) is 33.6 Å². The minimum Gasteiger partial charge on any atom is -0.247 e. The predicted molar refractivity (Wildman–Crippen MR) is 149 cm³/mol. The van der Waals surface area contributed by atoms with E-state index in [1.54, 1.807) is 0 Å². The molecule has 0 aliphatic heterocycles. The van der Waals surface area contributed by atoms with Crippen LogP contribution in [0.3, 0.4) is 0 Å². The number of aromatic nitrogens is 1. The Morgan fingerprint density at radius 2 is 1.51 bits per heavy atom. The average molecular weight is 454 g/mol. The smallest absolute Gasteiger partial charge is 0.0791 e. The van der Waals surface area contributed by atoms with E-state index in [1.165, 1.54) is 55.3 Å². The summed E-state index contributed by atoms with van der Waals surface area (Å²) in [6, 6.07) is 31.5. The number of hydrogen-bond acceptors (Lipinski definition) is 1. The Labute approximate surface area is 208 Å². The van der Waals surface area contributed by atoms with E-state index in [0.717, 1.165) is 29.8 Å². The van der Waals surface area contributed by atoms with Crippen molar-refractivity contribution in [2.24, 2.45) is 5.92 Å². The van der Waals surface area contributed by atoms with Crippen molar-refractivity contribution in [3.63, 3.8) is 0 Å². The highest BCUT2D eigenvalue weighted by Crippen LogP contribution is 2.44. The van der Waals surface area contributed by atoms with Crippen LogP contribution in [0.4, 0.5) is 0 Å². The molecule has 0 bridgehead atoms. The quantitative estimate of drug-likeness (QED) is 0.259. The van der Waals surface area contributed by atoms with Gasteiger partial charge < -0.3 is 0 Å². The third kappa shape index (κ3) is 3.96. The molecular weight excluding hydrogens is 422 g/mol. The third-order valence-corrected chi connectivity index (χ3v) is 7.21. The van der Waals surface area contributed by atoms with E-state index in [9.17, 15) is 0 Å². The van der Waals surface area contributed by atoms with Gasteiger partial charge in [-0.15, -0.1) is 0 Å². The Balaban J connectivity index is 1.63. The number of nitrogens with zero attached hydrogens (tertiary/aromatic N) is 1. The Morgan fingerprint density at radius 1 is 0.743 bits per heavy atom. The number of pyridine rings is 1. The molecule has 4 aromatic carbocycles. The summed E-state index contributed by atoms with van der Waals surface area (Å²) in [5.41, 5.74) is 14.1. The molecule has 1 nitrogen and oxygen atoms in total. The molecule has 5 aromatic rings. The summed E-state index contributed by atoms with van der Waals surface area (Å²) in [6.07, 6.45) is 2.04. The van der Waals surface area contributed by atoms with Crippen molar-refractivity contribution < 1.29 is 0 Å². The fraction of sp³-hybridized carbons (Fsp3) is 0.206. The van der Waals surface area contributed by atoms with Crippen LogP contribution >= 0.6 is 0 Å². The van der Waals surface area contributed by atoms with Crippen LogP contribution in [0.25, 0.3) is 44.4 Å². The van der Waals surface area contributed by atoms with Gasteiger partial charge in [-0.05, 0) is 89.6 Å². The maximum absolute atomic E-state index is 5.37. The van der Waals surface area contributed by atoms with Gasteiger partial charge in [0, 0.05) is 16.5 Å². The first kappa shape index (κ1) is 21.8. The van der Waals surface area contributed by atoms with Crippen molar-refractivity contribution >= 4 is 10.8 Å². The van der Waals surface area contributed by atoms with Crippen LogP contribution < -0.4 is 0 Å². The molecule has 1 aromatic heterocycles. The lowest BCUT2D eigenvalue weighted by Crippen LogP contribution is -1.98. The molecule has 0 spiro atoms. The number of fused-ring (bicyclic) bond motifs is 4. The van der Waals surface area contributed by atoms with Gasteiger partial charge in [-0.3, -0.25) is 0 Å². The Morgan fingerprint density at radius 3 is 2.31 bits per heavy atom. The molecule has 35 heavy (non-hydrogen) atoms. The first-order valence-electron chi connectivity index (χ1n) is 12.7. The van der Waals surface area contributed by atoms with Gasteiger partial charge in [0.1, 0.15) is 0 Å². The van der Waals surface area contributed by atoms with E-state index < -0.39 is 0 Å². The van der Waals surface area contributed by atoms with Crippen LogP contribution in [0.15, 0.2) is 84.9 Å². The number of rotatable bonds is 4. The molecule has 0 unspecified atom stereocenters. The highest BCUT2D eigenvalue weighted by molar-refractivity contribution is 6.00. The number of aryl methyl sites for hydroxylation is 2. The average Bonchev–Trinajstić information content (AvgIpc) is 3.21. The first-order chi connectivity index (χ1) is 17.0. The molecular formula is C34H31N. The lowest BCUT2D eigenvalue weighted by atomic mass is 9.91. The van der Waals surface area contributed by atoms with Gasteiger partial charge in [0.25, 0.3) is 0 Å². The van der Waals surface area contributed by atoms with E-state index in [1.807, 2.05) is 0 Å². The Kier molecular flexibility index (Phi) is 5.29. The number of benzene rings is 4. The van der Waals surface area contributed by atoms with Crippen molar-refractivity contribution in [2.75, 3.05) is 0 Å². The van der Waals surface area contributed by atoms with Crippen molar-refractivity contribution in [3.05, 3.63) is 113 Å². The largest absolute Gasteiger partial charge is 0.247 e. The second kappa shape index (κ2) is 8.50. The normalized spacial score (nSPS) is 12.3. The summed E-state index contributed by atoms with van der Waals surface area (Å²) in [5.74, 6) is 0.619. The van der Waals surface area contributed by atoms with Crippen LogP contribution in [0.5, 0.6) is 0 Å². The minimum absolute atomic E-state index is 0.619. The summed E-state index contributed by atoms with van der Waals surface area (Å²) in [6.45, 7) is 8.91. The Bertz CT molecular complexity index is 1570. The van der Waals surface area contributed by atoms with Gasteiger partial charge in [0.2, 0.25) is 0 Å². The van der Waals surface area contributed by atoms with Crippen molar-refractivity contribution in [1.29, 1.82) is 0 Å². The Hall–Kier alpha value is -3.71. The molecule has 6 rings (SSSR count). The molecule has 0 amide bonds. The van der Waals surface area contributed by atoms with Crippen LogP contribution in [0.2, 0.25) is 0 Å². The first-order valence-corrected chi connectivity index (χ1v) is 12.7. The van der Waals surface area contributed by atoms with Gasteiger partial charge in [-0.1, -0.05) is 86.1 Å². The molecule has 1 aliphatic carbocycles. The van der Waals surface area contributed by atoms with Crippen molar-refractivity contribution in [2.45, 2.75) is 40.5 Å². The molecule has 1 heterocycles. The van der Waals surface area contributed by atoms with E-state index in [2.05, 4.69) is 113 Å². The minimum atomic E-state index is 0.619. The second-order valence-corrected chi connectivity index (χ2v) is 10.5. The lowest BCUT2D eigenvalue weighted by Gasteiger charge is -2.16. The molecule has 1 heteroatoms. The maximum Gasteiger partial charge on any atom is 0.0791 e. The molecule has 172 valence electrons. The molecule has 0 saturated heterocycles. The molecule has 0 atom stereocenters. The van der Waals surface area contributed by atoms with Crippen LogP contribution in [-0.2, 0) is 12.8 Å². The van der Waals surface area contributed by atoms with Gasteiger partial charge >= 0.3 is 0 Å². The molecule has 0 saturated carbocycles. The zero-order valence-electron chi connectivity index (χ0n) is 21.0. The summed E-state index contributed by atoms with van der Waals surface area (Å²) in [7, 11) is 0. The van der Waals surface area contributed by atoms with Crippen molar-refractivity contribution in [1.82, 2.24) is 4.98 Å². The monoisotopic (exact) mass is 453 g/mol. The van der Waals surface area contributed by atoms with E-state index >= 15 is 0 Å².